The van der Waals surface area contributed by atoms with E-state index >= 15 is 0 Å². The second-order valence-corrected chi connectivity index (χ2v) is 15.0. The Kier molecular flexibility index (Phi) is 11.0. The number of allylic oxidation sites excluding steroid dienone is 4. The van der Waals surface area contributed by atoms with Gasteiger partial charge in [0.05, 0.1) is 47.0 Å². The van der Waals surface area contributed by atoms with Crippen molar-refractivity contribution in [1.82, 2.24) is 5.32 Å². The highest BCUT2D eigenvalue weighted by molar-refractivity contribution is 6.30. The molecule has 5 aliphatic rings. The van der Waals surface area contributed by atoms with E-state index in [9.17, 15) is 29.1 Å². The van der Waals surface area contributed by atoms with Crippen LogP contribution in [0.5, 0.6) is 11.5 Å². The maximum absolute atomic E-state index is 14.0. The first kappa shape index (κ1) is 39.6. The zero-order valence-electron chi connectivity index (χ0n) is 32.0. The lowest BCUT2D eigenvalue weighted by Gasteiger charge is -2.50. The van der Waals surface area contributed by atoms with E-state index in [0.29, 0.717) is 0 Å². The van der Waals surface area contributed by atoms with E-state index in [4.69, 9.17) is 28.4 Å². The highest BCUT2D eigenvalue weighted by atomic mass is 16.7. The molecule has 13 nitrogen and oxygen atoms in total. The van der Waals surface area contributed by atoms with Gasteiger partial charge in [-0.3, -0.25) is 24.0 Å². The van der Waals surface area contributed by atoms with Crippen LogP contribution < -0.4 is 10.1 Å². The molecule has 6 rings (SSSR count). The molecule has 0 aromatic heterocycles. The van der Waals surface area contributed by atoms with Crippen molar-refractivity contribution in [2.24, 2.45) is 23.7 Å². The van der Waals surface area contributed by atoms with Gasteiger partial charge in [-0.25, -0.2) is 0 Å². The number of phenolic OH excluding ortho intramolecular Hbond substituents is 1. The lowest BCUT2D eigenvalue weighted by molar-refractivity contribution is -0.336. The summed E-state index contributed by atoms with van der Waals surface area (Å²) < 4.78 is 36.6. The van der Waals surface area contributed by atoms with Crippen LogP contribution in [-0.2, 0) is 33.3 Å². The summed E-state index contributed by atoms with van der Waals surface area (Å²) in [4.78, 5) is 67.0. The van der Waals surface area contributed by atoms with Crippen molar-refractivity contribution in [2.45, 2.75) is 105 Å². The smallest absolute Gasteiger partial charge is 0.312 e. The molecule has 0 unspecified atom stereocenters. The fourth-order valence-electron chi connectivity index (χ4n) is 7.71. The number of hydrogen-bond acceptors (Lipinski definition) is 12. The molecule has 2 N–H and O–H groups in total. The molecular weight excluding hydrogens is 686 g/mol. The van der Waals surface area contributed by atoms with E-state index < -0.39 is 76.3 Å². The Bertz CT molecular complexity index is 1850. The molecule has 1 fully saturated rings. The summed E-state index contributed by atoms with van der Waals surface area (Å²) in [5.74, 6) is -8.33. The number of Topliss-reactive ketones (excluding diaryl/α,β-unsaturated/α-hetero) is 2. The van der Waals surface area contributed by atoms with Gasteiger partial charge in [0.1, 0.15) is 17.6 Å². The van der Waals surface area contributed by atoms with Crippen molar-refractivity contribution in [3.05, 3.63) is 70.2 Å². The number of fused-ring (bicyclic) bond motifs is 10. The Hall–Kier alpha value is -4.59. The van der Waals surface area contributed by atoms with E-state index in [0.717, 1.165) is 6.08 Å². The third-order valence-corrected chi connectivity index (χ3v) is 10.6. The van der Waals surface area contributed by atoms with Gasteiger partial charge in [0.15, 0.2) is 11.6 Å². The number of nitrogens with one attached hydrogen (secondary N) is 1. The van der Waals surface area contributed by atoms with Crippen LogP contribution in [0.3, 0.4) is 0 Å². The molecule has 1 saturated heterocycles. The highest BCUT2D eigenvalue weighted by Crippen LogP contribution is 2.48. The zero-order valence-corrected chi connectivity index (χ0v) is 32.0. The molecule has 13 heteroatoms. The SMILES string of the molecule is CO[C@H]1/C=C\O[C@@]2(C)Oc3c(C)c(O)c4c(c3C2=O)C(=O)C=C(NC(=O)/C(C)=C\C=C/[C@H](C)[C@@H]2OC(C)(C)O[C@H]([C@H](C)[C@H](OC(C)=O)[C@@H]1C)[C@@H]2C)C4=O. The Morgan fingerprint density at radius 2 is 1.57 bits per heavy atom. The molecule has 1 aliphatic carbocycles. The minimum atomic E-state index is -2.00. The monoisotopic (exact) mass is 735 g/mol. The minimum absolute atomic E-state index is 0.0356. The quantitative estimate of drug-likeness (QED) is 0.370. The van der Waals surface area contributed by atoms with Crippen LogP contribution in [0.2, 0.25) is 0 Å². The predicted molar refractivity (Wildman–Crippen MR) is 191 cm³/mol. The molecular formula is C40H49NO12. The van der Waals surface area contributed by atoms with E-state index in [2.05, 4.69) is 5.32 Å². The molecule has 1 aromatic rings. The van der Waals surface area contributed by atoms with Gasteiger partial charge in [0.25, 0.3) is 11.7 Å². The predicted octanol–water partition coefficient (Wildman–Crippen LogP) is 5.43. The fourth-order valence-corrected chi connectivity index (χ4v) is 7.71. The van der Waals surface area contributed by atoms with Gasteiger partial charge in [0, 0.05) is 61.8 Å². The fraction of sp³-hybridized carbons (Fsp3) is 0.525. The summed E-state index contributed by atoms with van der Waals surface area (Å²) in [5, 5.41) is 13.7. The summed E-state index contributed by atoms with van der Waals surface area (Å²) in [6, 6.07) is 0. The van der Waals surface area contributed by atoms with Crippen molar-refractivity contribution < 1.29 is 57.5 Å². The number of carbonyl (C=O) groups is 5. The molecule has 4 aliphatic heterocycles. The standard InChI is InChI=1S/C40H49NO12/c1-18-13-12-14-19(2)38(47)41-25-17-26(43)28-29(32(25)45)31(44)21(4)36-30(28)37(46)40(10,53-36)49-16-15-27(48-11)20(3)34(50-24(7)42)23(6)35-22(5)33(18)51-39(8,9)52-35/h12-18,20,22-23,27,33-35,44H,1-11H3,(H,41,47)/b13-12-,16-15-,19-14-/t18-,20+,22+,23+,27-,33-,34+,35-,40-/m0/s1. The van der Waals surface area contributed by atoms with Crippen LogP contribution >= 0.6 is 0 Å². The number of phenols is 1. The summed E-state index contributed by atoms with van der Waals surface area (Å²) in [7, 11) is 1.49. The van der Waals surface area contributed by atoms with E-state index in [1.807, 2.05) is 47.6 Å². The van der Waals surface area contributed by atoms with E-state index in [-0.39, 0.29) is 57.6 Å². The first-order valence-corrected chi connectivity index (χ1v) is 17.7. The first-order chi connectivity index (χ1) is 24.7. The molecule has 1 aromatic carbocycles. The topological polar surface area (TPSA) is 173 Å². The molecule has 7 bridgehead atoms. The Morgan fingerprint density at radius 1 is 0.906 bits per heavy atom. The highest BCUT2D eigenvalue weighted by Gasteiger charge is 2.52. The first-order valence-electron chi connectivity index (χ1n) is 17.7. The summed E-state index contributed by atoms with van der Waals surface area (Å²) >= 11 is 0. The van der Waals surface area contributed by atoms with Crippen molar-refractivity contribution in [3.63, 3.8) is 0 Å². The third-order valence-electron chi connectivity index (χ3n) is 10.6. The van der Waals surface area contributed by atoms with Gasteiger partial charge >= 0.3 is 11.8 Å². The molecule has 286 valence electrons. The Labute approximate surface area is 309 Å². The van der Waals surface area contributed by atoms with Gasteiger partial charge in [-0.05, 0) is 33.8 Å². The normalized spacial score (nSPS) is 35.2. The van der Waals surface area contributed by atoms with Crippen molar-refractivity contribution in [1.29, 1.82) is 0 Å². The van der Waals surface area contributed by atoms with Crippen LogP contribution in [0.1, 0.15) is 99.0 Å². The van der Waals surface area contributed by atoms with Gasteiger partial charge in [-0.15, -0.1) is 0 Å². The average Bonchev–Trinajstić information content (AvgIpc) is 3.35. The number of benzene rings is 1. The molecule has 4 heterocycles. The summed E-state index contributed by atoms with van der Waals surface area (Å²) in [6.45, 7) is 17.2. The number of hydrogen-bond donors (Lipinski definition) is 2. The van der Waals surface area contributed by atoms with Crippen LogP contribution in [0.4, 0.5) is 0 Å². The van der Waals surface area contributed by atoms with Gasteiger partial charge in [-0.2, -0.15) is 0 Å². The number of esters is 1. The van der Waals surface area contributed by atoms with Gasteiger partial charge in [-0.1, -0.05) is 45.9 Å². The Morgan fingerprint density at radius 3 is 2.21 bits per heavy atom. The molecule has 0 radical (unpaired) electrons. The van der Waals surface area contributed by atoms with Crippen molar-refractivity contribution in [2.75, 3.05) is 7.11 Å². The number of carbonyl (C=O) groups excluding carboxylic acids is 5. The van der Waals surface area contributed by atoms with Crippen LogP contribution in [0, 0.1) is 30.6 Å². The number of amides is 1. The maximum atomic E-state index is 14.0. The van der Waals surface area contributed by atoms with Crippen molar-refractivity contribution in [3.8, 4) is 11.5 Å². The van der Waals surface area contributed by atoms with Crippen LogP contribution in [0.15, 0.2) is 47.9 Å². The lowest BCUT2D eigenvalue weighted by atomic mass is 9.77. The number of methoxy groups -OCH3 is 1. The molecule has 53 heavy (non-hydrogen) atoms. The molecule has 9 atom stereocenters. The van der Waals surface area contributed by atoms with Crippen molar-refractivity contribution >= 4 is 29.2 Å². The minimum Gasteiger partial charge on any atom is -0.507 e. The second-order valence-electron chi connectivity index (χ2n) is 15.0. The lowest BCUT2D eigenvalue weighted by Crippen LogP contribution is -2.56. The van der Waals surface area contributed by atoms with E-state index in [1.54, 1.807) is 25.2 Å². The number of ether oxygens (including phenoxy) is 6. The van der Waals surface area contributed by atoms with Gasteiger partial charge < -0.3 is 38.8 Å². The largest absolute Gasteiger partial charge is 0.507 e. The maximum Gasteiger partial charge on any atom is 0.312 e. The van der Waals surface area contributed by atoms with Crippen LogP contribution in [0.25, 0.3) is 0 Å². The third kappa shape index (κ3) is 7.34. The van der Waals surface area contributed by atoms with Crippen LogP contribution in [-0.4, -0.2) is 77.4 Å². The van der Waals surface area contributed by atoms with E-state index in [1.165, 1.54) is 34.1 Å². The Balaban J connectivity index is 1.62. The number of rotatable bonds is 2. The molecule has 0 saturated carbocycles. The average molecular weight is 736 g/mol. The summed E-state index contributed by atoms with van der Waals surface area (Å²) in [6.07, 6.45) is 6.77. The number of ketones is 3. The molecule has 1 amide bonds. The van der Waals surface area contributed by atoms with Gasteiger partial charge in [0.2, 0.25) is 5.78 Å². The second kappa shape index (κ2) is 14.7. The molecule has 0 spiro atoms. The summed E-state index contributed by atoms with van der Waals surface area (Å²) in [5.41, 5.74) is -1.07. The number of aromatic hydroxyl groups is 1. The zero-order chi connectivity index (χ0) is 39.3.